The second-order valence-corrected chi connectivity index (χ2v) is 5.02. The highest BCUT2D eigenvalue weighted by atomic mass is 79.9. The number of pyridine rings is 1. The number of benzene rings is 1. The van der Waals surface area contributed by atoms with Gasteiger partial charge in [0.05, 0.1) is 12.2 Å². The molecule has 0 unspecified atom stereocenters. The van der Waals surface area contributed by atoms with Crippen LogP contribution in [0.3, 0.4) is 0 Å². The number of primary amides is 1. The maximum Gasteiger partial charge on any atom is 0.255 e. The number of ether oxygens (including phenoxy) is 1. The lowest BCUT2D eigenvalue weighted by Gasteiger charge is -2.08. The van der Waals surface area contributed by atoms with E-state index < -0.39 is 5.91 Å². The Labute approximate surface area is 125 Å². The number of halogens is 1. The second-order valence-electron chi connectivity index (χ2n) is 4.10. The highest BCUT2D eigenvalue weighted by molar-refractivity contribution is 9.10. The molecule has 6 heteroatoms. The van der Waals surface area contributed by atoms with Crippen molar-refractivity contribution in [1.29, 1.82) is 0 Å². The third-order valence-electron chi connectivity index (χ3n) is 2.48. The molecule has 0 bridgehead atoms. The third-order valence-corrected chi connectivity index (χ3v) is 2.95. The predicted molar refractivity (Wildman–Crippen MR) is 80.4 cm³/mol. The lowest BCUT2D eigenvalue weighted by Crippen LogP contribution is -2.20. The van der Waals surface area contributed by atoms with Crippen molar-refractivity contribution in [3.05, 3.63) is 52.8 Å². The summed E-state index contributed by atoms with van der Waals surface area (Å²) in [5.74, 6) is 0.0972. The van der Waals surface area contributed by atoms with Gasteiger partial charge in [-0.2, -0.15) is 0 Å². The number of hydrogen-bond donors (Lipinski definition) is 2. The standard InChI is InChI=1S/C14H14BrN3O2/c15-10-4-5-12(17-7-10)8-18-11-2-1-3-13(6-11)20-9-14(16)19/h1-7,18H,8-9H2,(H2,16,19). The van der Waals surface area contributed by atoms with Crippen molar-refractivity contribution in [1.82, 2.24) is 4.98 Å². The van der Waals surface area contributed by atoms with Gasteiger partial charge in [-0.15, -0.1) is 0 Å². The van der Waals surface area contributed by atoms with Gasteiger partial charge in [0.1, 0.15) is 5.75 Å². The molecule has 3 N–H and O–H groups in total. The SMILES string of the molecule is NC(=O)COc1cccc(NCc2ccc(Br)cn2)c1. The molecule has 0 radical (unpaired) electrons. The molecule has 5 nitrogen and oxygen atoms in total. The van der Waals surface area contributed by atoms with Gasteiger partial charge >= 0.3 is 0 Å². The van der Waals surface area contributed by atoms with Crippen LogP contribution < -0.4 is 15.8 Å². The molecular weight excluding hydrogens is 322 g/mol. The van der Waals surface area contributed by atoms with Gasteiger partial charge in [0, 0.05) is 22.4 Å². The fourth-order valence-corrected chi connectivity index (χ4v) is 1.79. The summed E-state index contributed by atoms with van der Waals surface area (Å²) < 4.78 is 6.19. The minimum absolute atomic E-state index is 0.127. The Balaban J connectivity index is 1.94. The summed E-state index contributed by atoms with van der Waals surface area (Å²) in [7, 11) is 0. The topological polar surface area (TPSA) is 77.2 Å². The highest BCUT2D eigenvalue weighted by Gasteiger charge is 2.00. The average molecular weight is 336 g/mol. The van der Waals surface area contributed by atoms with Gasteiger partial charge in [-0.3, -0.25) is 9.78 Å². The molecule has 1 heterocycles. The smallest absolute Gasteiger partial charge is 0.255 e. The molecule has 0 saturated heterocycles. The monoisotopic (exact) mass is 335 g/mol. The van der Waals surface area contributed by atoms with Crippen LogP contribution in [0.5, 0.6) is 5.75 Å². The summed E-state index contributed by atoms with van der Waals surface area (Å²) in [4.78, 5) is 14.9. The zero-order chi connectivity index (χ0) is 14.4. The van der Waals surface area contributed by atoms with Crippen molar-refractivity contribution < 1.29 is 9.53 Å². The summed E-state index contributed by atoms with van der Waals surface area (Å²) in [5, 5.41) is 3.23. The molecule has 1 aromatic carbocycles. The Morgan fingerprint density at radius 2 is 2.20 bits per heavy atom. The Bertz CT molecular complexity index is 587. The average Bonchev–Trinajstić information content (AvgIpc) is 2.45. The van der Waals surface area contributed by atoms with E-state index in [1.165, 1.54) is 0 Å². The number of rotatable bonds is 6. The molecule has 0 atom stereocenters. The van der Waals surface area contributed by atoms with Crippen molar-refractivity contribution in [2.24, 2.45) is 5.73 Å². The summed E-state index contributed by atoms with van der Waals surface area (Å²) in [6.07, 6.45) is 1.75. The van der Waals surface area contributed by atoms with Crippen molar-refractivity contribution in [2.45, 2.75) is 6.54 Å². The van der Waals surface area contributed by atoms with Crippen LogP contribution in [-0.4, -0.2) is 17.5 Å². The number of hydrogen-bond acceptors (Lipinski definition) is 4. The Morgan fingerprint density at radius 1 is 1.35 bits per heavy atom. The number of nitrogens with two attached hydrogens (primary N) is 1. The molecule has 0 aliphatic rings. The summed E-state index contributed by atoms with van der Waals surface area (Å²) >= 11 is 3.34. The number of amides is 1. The summed E-state index contributed by atoms with van der Waals surface area (Å²) in [6, 6.07) is 11.2. The zero-order valence-corrected chi connectivity index (χ0v) is 12.3. The fraction of sp³-hybridized carbons (Fsp3) is 0.143. The molecule has 2 aromatic rings. The van der Waals surface area contributed by atoms with Crippen LogP contribution in [-0.2, 0) is 11.3 Å². The largest absolute Gasteiger partial charge is 0.484 e. The Hall–Kier alpha value is -2.08. The van der Waals surface area contributed by atoms with E-state index in [4.69, 9.17) is 10.5 Å². The van der Waals surface area contributed by atoms with E-state index in [0.29, 0.717) is 12.3 Å². The molecular formula is C14H14BrN3O2. The third kappa shape index (κ3) is 4.55. The number of aromatic nitrogens is 1. The maximum atomic E-state index is 10.7. The number of carbonyl (C=O) groups is 1. The van der Waals surface area contributed by atoms with Gasteiger partial charge in [0.2, 0.25) is 0 Å². The lowest BCUT2D eigenvalue weighted by atomic mass is 10.3. The van der Waals surface area contributed by atoms with E-state index in [-0.39, 0.29) is 6.61 Å². The zero-order valence-electron chi connectivity index (χ0n) is 10.7. The number of anilines is 1. The van der Waals surface area contributed by atoms with Crippen LogP contribution in [0, 0.1) is 0 Å². The molecule has 1 aromatic heterocycles. The number of nitrogens with zero attached hydrogens (tertiary/aromatic N) is 1. The summed E-state index contributed by atoms with van der Waals surface area (Å²) in [6.45, 7) is 0.476. The van der Waals surface area contributed by atoms with Crippen LogP contribution in [0.15, 0.2) is 47.1 Å². The first kappa shape index (κ1) is 14.3. The molecule has 0 spiro atoms. The van der Waals surface area contributed by atoms with Gasteiger partial charge in [0.15, 0.2) is 6.61 Å². The molecule has 20 heavy (non-hydrogen) atoms. The summed E-state index contributed by atoms with van der Waals surface area (Å²) in [5.41, 5.74) is 6.85. The second kappa shape index (κ2) is 6.91. The van der Waals surface area contributed by atoms with Crippen molar-refractivity contribution in [3.8, 4) is 5.75 Å². The van der Waals surface area contributed by atoms with E-state index in [1.54, 1.807) is 12.3 Å². The van der Waals surface area contributed by atoms with Gasteiger partial charge in [0.25, 0.3) is 5.91 Å². The van der Waals surface area contributed by atoms with Gasteiger partial charge in [-0.05, 0) is 40.2 Å². The Kier molecular flexibility index (Phi) is 4.95. The van der Waals surface area contributed by atoms with Crippen molar-refractivity contribution in [3.63, 3.8) is 0 Å². The first-order chi connectivity index (χ1) is 9.63. The van der Waals surface area contributed by atoms with Crippen molar-refractivity contribution >= 4 is 27.5 Å². The van der Waals surface area contributed by atoms with E-state index in [1.807, 2.05) is 30.3 Å². The number of nitrogens with one attached hydrogen (secondary N) is 1. The molecule has 2 rings (SSSR count). The van der Waals surface area contributed by atoms with Gasteiger partial charge in [-0.1, -0.05) is 6.07 Å². The quantitative estimate of drug-likeness (QED) is 0.849. The molecule has 104 valence electrons. The molecule has 0 fully saturated rings. The van der Waals surface area contributed by atoms with Crippen LogP contribution in [0.25, 0.3) is 0 Å². The number of carbonyl (C=O) groups excluding carboxylic acids is 1. The first-order valence-corrected chi connectivity index (χ1v) is 6.78. The van der Waals surface area contributed by atoms with Crippen LogP contribution in [0.1, 0.15) is 5.69 Å². The van der Waals surface area contributed by atoms with E-state index >= 15 is 0 Å². The molecule has 0 aliphatic carbocycles. The predicted octanol–water partition coefficient (Wildman–Crippen LogP) is 2.32. The first-order valence-electron chi connectivity index (χ1n) is 5.99. The maximum absolute atomic E-state index is 10.7. The van der Waals surface area contributed by atoms with Gasteiger partial charge in [-0.25, -0.2) is 0 Å². The van der Waals surface area contributed by atoms with E-state index in [0.717, 1.165) is 15.9 Å². The molecule has 0 saturated carbocycles. The lowest BCUT2D eigenvalue weighted by molar-refractivity contribution is -0.119. The molecule has 1 amide bonds. The van der Waals surface area contributed by atoms with Crippen LogP contribution in [0.4, 0.5) is 5.69 Å². The minimum atomic E-state index is -0.498. The van der Waals surface area contributed by atoms with Crippen LogP contribution >= 0.6 is 15.9 Å². The van der Waals surface area contributed by atoms with Gasteiger partial charge < -0.3 is 15.8 Å². The fourth-order valence-electron chi connectivity index (χ4n) is 1.55. The normalized spacial score (nSPS) is 10.1. The Morgan fingerprint density at radius 3 is 2.90 bits per heavy atom. The van der Waals surface area contributed by atoms with E-state index in [9.17, 15) is 4.79 Å². The van der Waals surface area contributed by atoms with Crippen LogP contribution in [0.2, 0.25) is 0 Å². The van der Waals surface area contributed by atoms with Crippen molar-refractivity contribution in [2.75, 3.05) is 11.9 Å². The van der Waals surface area contributed by atoms with E-state index in [2.05, 4.69) is 26.2 Å². The highest BCUT2D eigenvalue weighted by Crippen LogP contribution is 2.18. The minimum Gasteiger partial charge on any atom is -0.484 e. The molecule has 0 aliphatic heterocycles.